The van der Waals surface area contributed by atoms with Gasteiger partial charge < -0.3 is 5.32 Å². The molecule has 0 aromatic heterocycles. The molecular weight excluding hydrogens is 331 g/mol. The Labute approximate surface area is 134 Å². The van der Waals surface area contributed by atoms with Crippen LogP contribution in [0.1, 0.15) is 10.4 Å². The lowest BCUT2D eigenvalue weighted by Crippen LogP contribution is -2.10. The molecule has 0 aliphatic carbocycles. The maximum atomic E-state index is 13.5. The Morgan fingerprint density at radius 2 is 1.65 bits per heavy atom. The third kappa shape index (κ3) is 4.43. The van der Waals surface area contributed by atoms with E-state index in [9.17, 15) is 22.8 Å². The van der Waals surface area contributed by atoms with Gasteiger partial charge in [-0.25, -0.2) is 13.2 Å². The summed E-state index contributed by atoms with van der Waals surface area (Å²) in [5.74, 6) is -4.44. The van der Waals surface area contributed by atoms with Gasteiger partial charge in [0.2, 0.25) is 5.91 Å². The van der Waals surface area contributed by atoms with Gasteiger partial charge in [-0.2, -0.15) is 0 Å². The smallest absolute Gasteiger partial charge is 0.248 e. The zero-order chi connectivity index (χ0) is 17.0. The lowest BCUT2D eigenvalue weighted by atomic mass is 10.1. The number of nitrogens with one attached hydrogen (secondary N) is 1. The Morgan fingerprint density at radius 3 is 2.30 bits per heavy atom. The molecule has 0 heterocycles. The quantitative estimate of drug-likeness (QED) is 0.672. The van der Waals surface area contributed by atoms with Crippen molar-refractivity contribution in [1.29, 1.82) is 0 Å². The summed E-state index contributed by atoms with van der Waals surface area (Å²) < 4.78 is 39.3. The van der Waals surface area contributed by atoms with Crippen molar-refractivity contribution in [3.05, 3.63) is 76.6 Å². The summed E-state index contributed by atoms with van der Waals surface area (Å²) in [6.45, 7) is 0. The first-order valence-electron chi connectivity index (χ1n) is 6.30. The molecule has 23 heavy (non-hydrogen) atoms. The lowest BCUT2D eigenvalue weighted by Gasteiger charge is -2.03. The molecule has 118 valence electrons. The van der Waals surface area contributed by atoms with Crippen molar-refractivity contribution in [2.24, 2.45) is 0 Å². The van der Waals surface area contributed by atoms with Crippen molar-refractivity contribution in [3.8, 4) is 0 Å². The number of carbonyl (C=O) groups is 2. The topological polar surface area (TPSA) is 46.2 Å². The van der Waals surface area contributed by atoms with E-state index < -0.39 is 29.1 Å². The van der Waals surface area contributed by atoms with Gasteiger partial charge in [-0.15, -0.1) is 0 Å². The van der Waals surface area contributed by atoms with Crippen molar-refractivity contribution in [3.63, 3.8) is 0 Å². The van der Waals surface area contributed by atoms with E-state index in [4.69, 9.17) is 11.6 Å². The van der Waals surface area contributed by atoms with E-state index in [1.165, 1.54) is 12.1 Å². The lowest BCUT2D eigenvalue weighted by molar-refractivity contribution is -0.111. The van der Waals surface area contributed by atoms with Crippen LogP contribution in [0.5, 0.6) is 0 Å². The van der Waals surface area contributed by atoms with Crippen molar-refractivity contribution < 1.29 is 22.8 Å². The van der Waals surface area contributed by atoms with Gasteiger partial charge in [-0.1, -0.05) is 11.6 Å². The van der Waals surface area contributed by atoms with Crippen LogP contribution in [0.15, 0.2) is 48.6 Å². The van der Waals surface area contributed by atoms with E-state index in [1.54, 1.807) is 0 Å². The maximum Gasteiger partial charge on any atom is 0.248 e. The van der Waals surface area contributed by atoms with Crippen LogP contribution in [-0.4, -0.2) is 11.7 Å². The third-order valence-electron chi connectivity index (χ3n) is 2.78. The normalized spacial score (nSPS) is 10.8. The number of anilines is 1. The predicted octanol–water partition coefficient (Wildman–Crippen LogP) is 4.13. The number of allylic oxidation sites excluding steroid dienone is 1. The number of halogens is 4. The minimum Gasteiger partial charge on any atom is -0.320 e. The monoisotopic (exact) mass is 339 g/mol. The summed E-state index contributed by atoms with van der Waals surface area (Å²) in [4.78, 5) is 23.4. The SMILES string of the molecule is O=C(/C=C/C(=O)c1ccc(F)c(F)c1)Nc1ccc(Cl)cc1F. The van der Waals surface area contributed by atoms with Gasteiger partial charge in [0, 0.05) is 16.7 Å². The largest absolute Gasteiger partial charge is 0.320 e. The molecule has 0 radical (unpaired) electrons. The molecule has 0 fully saturated rings. The van der Waals surface area contributed by atoms with Gasteiger partial charge in [0.1, 0.15) is 5.82 Å². The summed E-state index contributed by atoms with van der Waals surface area (Å²) >= 11 is 5.58. The molecule has 3 nitrogen and oxygen atoms in total. The highest BCUT2D eigenvalue weighted by Gasteiger charge is 2.09. The number of benzene rings is 2. The van der Waals surface area contributed by atoms with Crippen molar-refractivity contribution in [1.82, 2.24) is 0 Å². The Morgan fingerprint density at radius 1 is 0.913 bits per heavy atom. The number of hydrogen-bond donors (Lipinski definition) is 1. The van der Waals surface area contributed by atoms with E-state index in [2.05, 4.69) is 5.32 Å². The summed E-state index contributed by atoms with van der Waals surface area (Å²) in [5, 5.41) is 2.39. The molecule has 2 rings (SSSR count). The minimum atomic E-state index is -1.17. The average Bonchev–Trinajstić information content (AvgIpc) is 2.50. The number of amides is 1. The molecule has 1 amide bonds. The molecule has 2 aromatic rings. The van der Waals surface area contributed by atoms with Gasteiger partial charge in [0.25, 0.3) is 0 Å². The maximum absolute atomic E-state index is 13.5. The standard InChI is InChI=1S/C16H9ClF3NO2/c17-10-2-4-14(13(20)8-10)21-16(23)6-5-15(22)9-1-3-11(18)12(19)7-9/h1-8H,(H,21,23)/b6-5+. The van der Waals surface area contributed by atoms with E-state index in [-0.39, 0.29) is 16.3 Å². The van der Waals surface area contributed by atoms with Crippen molar-refractivity contribution >= 4 is 29.0 Å². The minimum absolute atomic E-state index is 0.107. The molecule has 2 aromatic carbocycles. The fourth-order valence-electron chi connectivity index (χ4n) is 1.66. The summed E-state index contributed by atoms with van der Waals surface area (Å²) in [7, 11) is 0. The molecule has 0 aliphatic heterocycles. The zero-order valence-electron chi connectivity index (χ0n) is 11.4. The van der Waals surface area contributed by atoms with Gasteiger partial charge in [0.15, 0.2) is 17.4 Å². The second-order valence-corrected chi connectivity index (χ2v) is 4.88. The van der Waals surface area contributed by atoms with E-state index in [0.29, 0.717) is 0 Å². The van der Waals surface area contributed by atoms with E-state index in [0.717, 1.165) is 36.4 Å². The Kier molecular flexibility index (Phi) is 5.18. The Balaban J connectivity index is 2.05. The highest BCUT2D eigenvalue weighted by Crippen LogP contribution is 2.18. The van der Waals surface area contributed by atoms with Gasteiger partial charge in [0.05, 0.1) is 5.69 Å². The van der Waals surface area contributed by atoms with Crippen LogP contribution in [0, 0.1) is 17.5 Å². The van der Waals surface area contributed by atoms with E-state index in [1.807, 2.05) is 0 Å². The van der Waals surface area contributed by atoms with Crippen LogP contribution in [0.25, 0.3) is 0 Å². The third-order valence-corrected chi connectivity index (χ3v) is 3.01. The van der Waals surface area contributed by atoms with Gasteiger partial charge in [-0.3, -0.25) is 9.59 Å². The number of carbonyl (C=O) groups excluding carboxylic acids is 2. The molecular formula is C16H9ClF3NO2. The molecule has 0 spiro atoms. The molecule has 0 bridgehead atoms. The van der Waals surface area contributed by atoms with Crippen molar-refractivity contribution in [2.45, 2.75) is 0 Å². The van der Waals surface area contributed by atoms with Crippen molar-refractivity contribution in [2.75, 3.05) is 5.32 Å². The van der Waals surface area contributed by atoms with Crippen LogP contribution in [0.3, 0.4) is 0 Å². The first kappa shape index (κ1) is 16.8. The second-order valence-electron chi connectivity index (χ2n) is 4.44. The summed E-state index contributed by atoms with van der Waals surface area (Å²) in [5.41, 5.74) is -0.227. The molecule has 1 N–H and O–H groups in total. The number of ketones is 1. The molecule has 0 unspecified atom stereocenters. The average molecular weight is 340 g/mol. The second kappa shape index (κ2) is 7.11. The Hall–Kier alpha value is -2.60. The highest BCUT2D eigenvalue weighted by atomic mass is 35.5. The number of hydrogen-bond acceptors (Lipinski definition) is 2. The van der Waals surface area contributed by atoms with Crippen LogP contribution in [0.2, 0.25) is 5.02 Å². The summed E-state index contributed by atoms with van der Waals surface area (Å²) in [6.07, 6.45) is 1.73. The van der Waals surface area contributed by atoms with Crippen LogP contribution >= 0.6 is 11.6 Å². The molecule has 7 heteroatoms. The molecule has 0 saturated heterocycles. The highest BCUT2D eigenvalue weighted by molar-refractivity contribution is 6.30. The molecule has 0 aliphatic rings. The van der Waals surface area contributed by atoms with Crippen LogP contribution < -0.4 is 5.32 Å². The predicted molar refractivity (Wildman–Crippen MR) is 79.9 cm³/mol. The first-order valence-corrected chi connectivity index (χ1v) is 6.68. The molecule has 0 saturated carbocycles. The molecule has 0 atom stereocenters. The first-order chi connectivity index (χ1) is 10.9. The van der Waals surface area contributed by atoms with E-state index >= 15 is 0 Å². The number of rotatable bonds is 4. The Bertz CT molecular complexity index is 806. The van der Waals surface area contributed by atoms with Gasteiger partial charge >= 0.3 is 0 Å². The fourth-order valence-corrected chi connectivity index (χ4v) is 1.82. The van der Waals surface area contributed by atoms with Crippen LogP contribution in [-0.2, 0) is 4.79 Å². The van der Waals surface area contributed by atoms with Crippen LogP contribution in [0.4, 0.5) is 18.9 Å². The fraction of sp³-hybridized carbons (Fsp3) is 0. The summed E-state index contributed by atoms with van der Waals surface area (Å²) in [6, 6.07) is 6.28. The van der Waals surface area contributed by atoms with Gasteiger partial charge in [-0.05, 0) is 42.5 Å². The zero-order valence-corrected chi connectivity index (χ0v) is 12.2.